The Morgan fingerprint density at radius 3 is 2.63 bits per heavy atom. The molecule has 5 nitrogen and oxygen atoms in total. The van der Waals surface area contributed by atoms with Crippen LogP contribution in [0.2, 0.25) is 0 Å². The quantitative estimate of drug-likeness (QED) is 0.653. The second-order valence-electron chi connectivity index (χ2n) is 8.80. The summed E-state index contributed by atoms with van der Waals surface area (Å²) in [5.41, 5.74) is 1.78. The van der Waals surface area contributed by atoms with Gasteiger partial charge in [-0.3, -0.25) is 9.69 Å². The molecule has 164 valence electrons. The number of amides is 1. The second kappa shape index (κ2) is 11.3. The molecule has 3 rings (SSSR count). The number of benzene rings is 1. The van der Waals surface area contributed by atoms with Crippen LogP contribution in [0.5, 0.6) is 0 Å². The minimum atomic E-state index is -0.121. The zero-order valence-corrected chi connectivity index (χ0v) is 18.2. The van der Waals surface area contributed by atoms with Crippen molar-refractivity contribution in [2.24, 2.45) is 5.92 Å². The highest BCUT2D eigenvalue weighted by Gasteiger charge is 2.24. The van der Waals surface area contributed by atoms with Crippen molar-refractivity contribution in [2.45, 2.75) is 64.3 Å². The van der Waals surface area contributed by atoms with Gasteiger partial charge in [0.2, 0.25) is 5.91 Å². The minimum absolute atomic E-state index is 0.0973. The third-order valence-corrected chi connectivity index (χ3v) is 6.71. The first-order chi connectivity index (χ1) is 14.6. The van der Waals surface area contributed by atoms with E-state index in [0.717, 1.165) is 62.7 Å². The van der Waals surface area contributed by atoms with Gasteiger partial charge in [0.15, 0.2) is 0 Å². The van der Waals surface area contributed by atoms with Crippen LogP contribution in [0.3, 0.4) is 0 Å². The third-order valence-electron chi connectivity index (χ3n) is 6.71. The molecule has 1 aromatic carbocycles. The Morgan fingerprint density at radius 1 is 1.20 bits per heavy atom. The van der Waals surface area contributed by atoms with Crippen molar-refractivity contribution in [3.05, 3.63) is 29.6 Å². The molecular weight excluding hydrogens is 379 g/mol. The summed E-state index contributed by atoms with van der Waals surface area (Å²) in [6.07, 6.45) is 7.32. The molecule has 1 saturated heterocycles. The summed E-state index contributed by atoms with van der Waals surface area (Å²) in [5.74, 6) is 0.726. The highest BCUT2D eigenvalue weighted by atomic mass is 19.1. The fourth-order valence-electron chi connectivity index (χ4n) is 4.74. The van der Waals surface area contributed by atoms with E-state index >= 15 is 0 Å². The highest BCUT2D eigenvalue weighted by molar-refractivity contribution is 5.76. The van der Waals surface area contributed by atoms with Gasteiger partial charge in [-0.25, -0.2) is 4.39 Å². The lowest BCUT2D eigenvalue weighted by molar-refractivity contribution is -0.122. The summed E-state index contributed by atoms with van der Waals surface area (Å²) in [6.45, 7) is 6.96. The van der Waals surface area contributed by atoms with Crippen LogP contribution in [0, 0.1) is 30.0 Å². The van der Waals surface area contributed by atoms with Crippen LogP contribution in [-0.2, 0) is 4.79 Å². The summed E-state index contributed by atoms with van der Waals surface area (Å²) in [6, 6.07) is 7.76. The van der Waals surface area contributed by atoms with Crippen LogP contribution in [0.15, 0.2) is 18.2 Å². The van der Waals surface area contributed by atoms with Gasteiger partial charge in [-0.2, -0.15) is 5.26 Å². The van der Waals surface area contributed by atoms with Crippen molar-refractivity contribution in [3.63, 3.8) is 0 Å². The Balaban J connectivity index is 1.32. The number of unbranched alkanes of at least 4 members (excludes halogenated alkanes) is 1. The fraction of sp³-hybridized carbons (Fsp3) is 0.667. The number of anilines is 1. The van der Waals surface area contributed by atoms with E-state index in [1.807, 2.05) is 13.0 Å². The fourth-order valence-corrected chi connectivity index (χ4v) is 4.74. The number of nitriles is 1. The Hall–Kier alpha value is -2.13. The number of hydrogen-bond acceptors (Lipinski definition) is 4. The summed E-state index contributed by atoms with van der Waals surface area (Å²) >= 11 is 0. The van der Waals surface area contributed by atoms with Crippen molar-refractivity contribution in [1.29, 1.82) is 5.26 Å². The molecule has 1 heterocycles. The van der Waals surface area contributed by atoms with Gasteiger partial charge in [0.05, 0.1) is 6.07 Å². The number of carbonyl (C=O) groups is 1. The first-order valence-corrected chi connectivity index (χ1v) is 11.5. The Kier molecular flexibility index (Phi) is 8.50. The van der Waals surface area contributed by atoms with Crippen LogP contribution in [0.1, 0.15) is 56.9 Å². The van der Waals surface area contributed by atoms with Gasteiger partial charge in [0.1, 0.15) is 5.82 Å². The maximum atomic E-state index is 13.8. The van der Waals surface area contributed by atoms with Gasteiger partial charge in [0, 0.05) is 56.3 Å². The average Bonchev–Trinajstić information content (AvgIpc) is 2.76. The van der Waals surface area contributed by atoms with E-state index in [-0.39, 0.29) is 11.7 Å². The lowest BCUT2D eigenvalue weighted by atomic mass is 9.84. The number of piperazine rings is 1. The number of hydrogen-bond donors (Lipinski definition) is 1. The molecule has 0 spiro atoms. The van der Waals surface area contributed by atoms with E-state index in [0.29, 0.717) is 25.3 Å². The Bertz CT molecular complexity index is 731. The molecule has 0 atom stereocenters. The predicted octanol–water partition coefficient (Wildman–Crippen LogP) is 4.02. The lowest BCUT2D eigenvalue weighted by Gasteiger charge is -2.38. The van der Waals surface area contributed by atoms with Crippen LogP contribution >= 0.6 is 0 Å². The van der Waals surface area contributed by atoms with E-state index in [1.165, 1.54) is 25.3 Å². The van der Waals surface area contributed by atoms with Crippen molar-refractivity contribution >= 4 is 11.6 Å². The molecule has 1 saturated carbocycles. The molecule has 30 heavy (non-hydrogen) atoms. The van der Waals surface area contributed by atoms with E-state index < -0.39 is 0 Å². The smallest absolute Gasteiger partial charge is 0.220 e. The van der Waals surface area contributed by atoms with Gasteiger partial charge in [-0.1, -0.05) is 6.07 Å². The maximum Gasteiger partial charge on any atom is 0.220 e. The molecule has 0 aromatic heterocycles. The zero-order valence-electron chi connectivity index (χ0n) is 18.2. The largest absolute Gasteiger partial charge is 0.369 e. The Labute approximate surface area is 180 Å². The van der Waals surface area contributed by atoms with Crippen molar-refractivity contribution in [1.82, 2.24) is 10.2 Å². The third kappa shape index (κ3) is 6.43. The average molecular weight is 415 g/mol. The molecule has 2 fully saturated rings. The highest BCUT2D eigenvalue weighted by Crippen LogP contribution is 2.28. The molecule has 1 N–H and O–H groups in total. The monoisotopic (exact) mass is 414 g/mol. The normalized spacial score (nSPS) is 22.5. The summed E-state index contributed by atoms with van der Waals surface area (Å²) in [7, 11) is 0. The number of nitrogens with one attached hydrogen (secondary N) is 1. The Morgan fingerprint density at radius 2 is 1.93 bits per heavy atom. The molecule has 1 aromatic rings. The van der Waals surface area contributed by atoms with E-state index in [2.05, 4.69) is 21.2 Å². The number of carbonyl (C=O) groups excluding carboxylic acids is 1. The number of rotatable bonds is 8. The topological polar surface area (TPSA) is 59.4 Å². The van der Waals surface area contributed by atoms with Gasteiger partial charge in [-0.15, -0.1) is 0 Å². The van der Waals surface area contributed by atoms with Crippen molar-refractivity contribution < 1.29 is 9.18 Å². The molecular formula is C24H35FN4O. The SMILES string of the molecule is Cc1c(F)cccc1N1CCN(CCC2CCC(NC(=O)CCCC#N)CC2)CC1. The minimum Gasteiger partial charge on any atom is -0.369 e. The molecule has 2 aliphatic rings. The number of nitrogens with zero attached hydrogens (tertiary/aromatic N) is 3. The molecule has 0 radical (unpaired) electrons. The summed E-state index contributed by atoms with van der Waals surface area (Å²) in [4.78, 5) is 16.8. The first kappa shape index (κ1) is 22.6. The van der Waals surface area contributed by atoms with Crippen LogP contribution < -0.4 is 10.2 Å². The second-order valence-corrected chi connectivity index (χ2v) is 8.80. The van der Waals surface area contributed by atoms with Crippen molar-refractivity contribution in [3.8, 4) is 6.07 Å². The van der Waals surface area contributed by atoms with E-state index in [1.54, 1.807) is 6.07 Å². The van der Waals surface area contributed by atoms with E-state index in [9.17, 15) is 9.18 Å². The maximum absolute atomic E-state index is 13.8. The molecule has 0 bridgehead atoms. The van der Waals surface area contributed by atoms with Gasteiger partial charge < -0.3 is 10.2 Å². The van der Waals surface area contributed by atoms with E-state index in [4.69, 9.17) is 5.26 Å². The van der Waals surface area contributed by atoms with Gasteiger partial charge >= 0.3 is 0 Å². The standard InChI is InChI=1S/C24H35FN4O/c1-19-22(25)5-4-6-23(19)29-17-15-28(16-18-29)14-12-20-8-10-21(11-9-20)27-24(30)7-2-3-13-26/h4-6,20-21H,2-3,7-12,14-18H2,1H3,(H,27,30). The van der Waals surface area contributed by atoms with Crippen LogP contribution in [0.4, 0.5) is 10.1 Å². The number of halogens is 1. The van der Waals surface area contributed by atoms with Crippen LogP contribution in [-0.4, -0.2) is 49.6 Å². The lowest BCUT2D eigenvalue weighted by Crippen LogP contribution is -2.47. The van der Waals surface area contributed by atoms with Gasteiger partial charge in [-0.05, 0) is 70.0 Å². The predicted molar refractivity (Wildman–Crippen MR) is 118 cm³/mol. The molecule has 1 amide bonds. The van der Waals surface area contributed by atoms with Crippen molar-refractivity contribution in [2.75, 3.05) is 37.6 Å². The molecule has 1 aliphatic carbocycles. The molecule has 0 unspecified atom stereocenters. The van der Waals surface area contributed by atoms with Gasteiger partial charge in [0.25, 0.3) is 0 Å². The molecule has 6 heteroatoms. The van der Waals surface area contributed by atoms with Crippen LogP contribution in [0.25, 0.3) is 0 Å². The summed E-state index contributed by atoms with van der Waals surface area (Å²) < 4.78 is 13.8. The first-order valence-electron chi connectivity index (χ1n) is 11.5. The molecule has 1 aliphatic heterocycles. The summed E-state index contributed by atoms with van der Waals surface area (Å²) in [5, 5.41) is 11.7. The zero-order chi connectivity index (χ0) is 21.3.